The SMILES string of the molecule is CC(C)(N[C@H]1C[C@@H](c2ccc(F)c(F)c2)N(c2ccc(OC(F)(F)F)cc2)C1=O)c1ccc(C(F)(F)F)nc1. The van der Waals surface area contributed by atoms with E-state index in [9.17, 15) is 39.9 Å². The molecular weight excluding hydrogens is 538 g/mol. The molecule has 1 aromatic heterocycles. The van der Waals surface area contributed by atoms with E-state index in [-0.39, 0.29) is 17.7 Å². The number of alkyl halides is 6. The van der Waals surface area contributed by atoms with Gasteiger partial charge in [0.1, 0.15) is 11.4 Å². The lowest BCUT2D eigenvalue weighted by atomic mass is 9.93. The number of anilines is 1. The van der Waals surface area contributed by atoms with Gasteiger partial charge in [0.15, 0.2) is 11.6 Å². The maximum absolute atomic E-state index is 14.1. The van der Waals surface area contributed by atoms with E-state index in [2.05, 4.69) is 15.0 Å². The molecule has 1 amide bonds. The molecule has 5 nitrogen and oxygen atoms in total. The van der Waals surface area contributed by atoms with E-state index >= 15 is 0 Å². The lowest BCUT2D eigenvalue weighted by Gasteiger charge is -2.30. The third-order valence-corrected chi connectivity index (χ3v) is 6.29. The van der Waals surface area contributed by atoms with Crippen molar-refractivity contribution >= 4 is 11.6 Å². The zero-order chi connectivity index (χ0) is 28.8. The minimum atomic E-state index is -4.92. The Labute approximate surface area is 217 Å². The first-order valence-corrected chi connectivity index (χ1v) is 11.5. The van der Waals surface area contributed by atoms with Crippen molar-refractivity contribution in [1.29, 1.82) is 0 Å². The third-order valence-electron chi connectivity index (χ3n) is 6.29. The third kappa shape index (κ3) is 6.29. The summed E-state index contributed by atoms with van der Waals surface area (Å²) in [6.45, 7) is 3.26. The Morgan fingerprint density at radius 1 is 0.923 bits per heavy atom. The summed E-state index contributed by atoms with van der Waals surface area (Å²) in [6.07, 6.45) is -8.48. The number of halogens is 8. The van der Waals surface area contributed by atoms with Gasteiger partial charge < -0.3 is 9.64 Å². The van der Waals surface area contributed by atoms with Crippen molar-refractivity contribution < 1.29 is 44.7 Å². The Hall–Kier alpha value is -3.74. The maximum atomic E-state index is 14.1. The predicted molar refractivity (Wildman–Crippen MR) is 124 cm³/mol. The van der Waals surface area contributed by atoms with Gasteiger partial charge in [0.05, 0.1) is 12.1 Å². The molecule has 0 spiro atoms. The first kappa shape index (κ1) is 28.3. The normalized spacial score (nSPS) is 18.5. The number of nitrogens with zero attached hydrogens (tertiary/aromatic N) is 2. The van der Waals surface area contributed by atoms with Crippen LogP contribution in [0.5, 0.6) is 5.75 Å². The smallest absolute Gasteiger partial charge is 0.406 e. The molecule has 2 atom stereocenters. The van der Waals surface area contributed by atoms with Gasteiger partial charge in [0.2, 0.25) is 5.91 Å². The van der Waals surface area contributed by atoms with Gasteiger partial charge in [0, 0.05) is 17.4 Å². The van der Waals surface area contributed by atoms with Crippen LogP contribution in [-0.4, -0.2) is 23.3 Å². The van der Waals surface area contributed by atoms with E-state index in [0.29, 0.717) is 5.56 Å². The second-order valence-electron chi connectivity index (χ2n) is 9.43. The summed E-state index contributed by atoms with van der Waals surface area (Å²) in [7, 11) is 0. The molecule has 1 aliphatic rings. The van der Waals surface area contributed by atoms with Crippen LogP contribution in [0.3, 0.4) is 0 Å². The Morgan fingerprint density at radius 2 is 1.59 bits per heavy atom. The summed E-state index contributed by atoms with van der Waals surface area (Å²) in [6, 6.07) is 7.82. The van der Waals surface area contributed by atoms with Crippen molar-refractivity contribution in [3.8, 4) is 5.75 Å². The summed E-state index contributed by atoms with van der Waals surface area (Å²) in [5.41, 5.74) is -1.39. The van der Waals surface area contributed by atoms with Crippen LogP contribution in [-0.2, 0) is 16.5 Å². The Kier molecular flexibility index (Phi) is 7.32. The molecule has 0 aliphatic carbocycles. The summed E-state index contributed by atoms with van der Waals surface area (Å²) >= 11 is 0. The monoisotopic (exact) mass is 559 g/mol. The minimum Gasteiger partial charge on any atom is -0.406 e. The van der Waals surface area contributed by atoms with E-state index < -0.39 is 59.1 Å². The van der Waals surface area contributed by atoms with Gasteiger partial charge >= 0.3 is 12.5 Å². The fourth-order valence-electron chi connectivity index (χ4n) is 4.44. The highest BCUT2D eigenvalue weighted by molar-refractivity contribution is 6.00. The Balaban J connectivity index is 1.65. The number of benzene rings is 2. The highest BCUT2D eigenvalue weighted by Gasteiger charge is 2.44. The van der Waals surface area contributed by atoms with Gasteiger partial charge in [-0.25, -0.2) is 8.78 Å². The lowest BCUT2D eigenvalue weighted by Crippen LogP contribution is -2.47. The molecule has 1 fully saturated rings. The average molecular weight is 559 g/mol. The molecule has 0 saturated carbocycles. The summed E-state index contributed by atoms with van der Waals surface area (Å²) in [5, 5.41) is 3.09. The standard InChI is InChI=1S/C26H21F8N3O2/c1-24(2,15-4-10-22(35-13-15)25(29,30)31)36-20-12-21(14-3-9-18(27)19(28)11-14)37(23(20)38)16-5-7-17(8-6-16)39-26(32,33)34/h3-11,13,20-21,36H,12H2,1-2H3/t20-,21-/m0/s1. The number of rotatable bonds is 6. The van der Waals surface area contributed by atoms with E-state index in [4.69, 9.17) is 0 Å². The molecule has 4 rings (SSSR count). The van der Waals surface area contributed by atoms with E-state index in [0.717, 1.165) is 36.5 Å². The second kappa shape index (κ2) is 10.1. The zero-order valence-corrected chi connectivity index (χ0v) is 20.4. The first-order chi connectivity index (χ1) is 18.0. The van der Waals surface area contributed by atoms with Crippen molar-refractivity contribution in [1.82, 2.24) is 10.3 Å². The number of hydrogen-bond acceptors (Lipinski definition) is 4. The molecule has 3 aromatic rings. The fourth-order valence-corrected chi connectivity index (χ4v) is 4.44. The Bertz CT molecular complexity index is 1340. The second-order valence-corrected chi connectivity index (χ2v) is 9.43. The highest BCUT2D eigenvalue weighted by Crippen LogP contribution is 2.40. The molecule has 39 heavy (non-hydrogen) atoms. The van der Waals surface area contributed by atoms with Crippen LogP contribution in [0.4, 0.5) is 40.8 Å². The molecule has 1 aliphatic heterocycles. The number of carbonyl (C=O) groups excluding carboxylic acids is 1. The van der Waals surface area contributed by atoms with Gasteiger partial charge in [-0.05, 0) is 73.9 Å². The topological polar surface area (TPSA) is 54.5 Å². The van der Waals surface area contributed by atoms with Crippen LogP contribution in [0.25, 0.3) is 0 Å². The van der Waals surface area contributed by atoms with Gasteiger partial charge in [0.25, 0.3) is 0 Å². The predicted octanol–water partition coefficient (Wildman–Crippen LogP) is 6.65. The van der Waals surface area contributed by atoms with E-state index in [1.807, 2.05) is 0 Å². The summed E-state index contributed by atoms with van der Waals surface area (Å²) in [5.74, 6) is -3.31. The van der Waals surface area contributed by atoms with Crippen LogP contribution >= 0.6 is 0 Å². The molecule has 0 unspecified atom stereocenters. The summed E-state index contributed by atoms with van der Waals surface area (Å²) < 4.78 is 108. The number of nitrogens with one attached hydrogen (secondary N) is 1. The van der Waals surface area contributed by atoms with Gasteiger partial charge in [-0.1, -0.05) is 12.1 Å². The molecule has 0 bridgehead atoms. The van der Waals surface area contributed by atoms with Gasteiger partial charge in [-0.2, -0.15) is 13.2 Å². The van der Waals surface area contributed by atoms with Crippen molar-refractivity contribution in [3.63, 3.8) is 0 Å². The molecule has 1 N–H and O–H groups in total. The van der Waals surface area contributed by atoms with Gasteiger partial charge in [-0.15, -0.1) is 13.2 Å². The van der Waals surface area contributed by atoms with Crippen LogP contribution in [0, 0.1) is 11.6 Å². The molecular formula is C26H21F8N3O2. The van der Waals surface area contributed by atoms with Gasteiger partial charge in [-0.3, -0.25) is 15.1 Å². The number of ether oxygens (including phenoxy) is 1. The fraction of sp³-hybridized carbons (Fsp3) is 0.308. The zero-order valence-electron chi connectivity index (χ0n) is 20.4. The molecule has 0 radical (unpaired) electrons. The van der Waals surface area contributed by atoms with Crippen LogP contribution in [0.15, 0.2) is 60.8 Å². The van der Waals surface area contributed by atoms with Crippen molar-refractivity contribution in [2.75, 3.05) is 4.90 Å². The number of hydrogen-bond donors (Lipinski definition) is 1. The van der Waals surface area contributed by atoms with Crippen LogP contribution in [0.2, 0.25) is 0 Å². The molecule has 208 valence electrons. The lowest BCUT2D eigenvalue weighted by molar-refractivity contribution is -0.274. The largest absolute Gasteiger partial charge is 0.573 e. The number of amides is 1. The molecule has 1 saturated heterocycles. The minimum absolute atomic E-state index is 0.0300. The maximum Gasteiger partial charge on any atom is 0.573 e. The quantitative estimate of drug-likeness (QED) is 0.344. The first-order valence-electron chi connectivity index (χ1n) is 11.5. The highest BCUT2D eigenvalue weighted by atomic mass is 19.4. The number of carbonyl (C=O) groups is 1. The van der Waals surface area contributed by atoms with Crippen molar-refractivity contribution in [2.24, 2.45) is 0 Å². The molecule has 2 aromatic carbocycles. The average Bonchev–Trinajstić information content (AvgIpc) is 3.15. The Morgan fingerprint density at radius 3 is 2.13 bits per heavy atom. The molecule has 13 heteroatoms. The van der Waals surface area contributed by atoms with E-state index in [1.165, 1.54) is 29.2 Å². The van der Waals surface area contributed by atoms with Crippen LogP contribution < -0.4 is 15.0 Å². The van der Waals surface area contributed by atoms with Crippen molar-refractivity contribution in [2.45, 2.75) is 50.4 Å². The van der Waals surface area contributed by atoms with Crippen LogP contribution in [0.1, 0.15) is 43.1 Å². The number of aromatic nitrogens is 1. The summed E-state index contributed by atoms with van der Waals surface area (Å²) in [4.78, 5) is 18.3. The van der Waals surface area contributed by atoms with E-state index in [1.54, 1.807) is 13.8 Å². The number of pyridine rings is 1. The molecule has 2 heterocycles. The van der Waals surface area contributed by atoms with Crippen molar-refractivity contribution in [3.05, 3.63) is 89.2 Å².